The number of hydrogen-bond acceptors (Lipinski definition) is 2. The van der Waals surface area contributed by atoms with Gasteiger partial charge in [-0.25, -0.2) is 13.2 Å². The second-order valence-corrected chi connectivity index (χ2v) is 6.08. The van der Waals surface area contributed by atoms with Crippen LogP contribution in [-0.2, 0) is 4.79 Å². The number of carbonyl (C=O) groups excluding carboxylic acids is 1. The van der Waals surface area contributed by atoms with Gasteiger partial charge in [-0.3, -0.25) is 4.79 Å². The summed E-state index contributed by atoms with van der Waals surface area (Å²) in [5.41, 5.74) is 0.941. The van der Waals surface area contributed by atoms with E-state index in [0.717, 1.165) is 12.1 Å². The number of allylic oxidation sites excluding steroid dienone is 1. The van der Waals surface area contributed by atoms with Gasteiger partial charge in [0.05, 0.1) is 11.6 Å². The number of amides is 1. The van der Waals surface area contributed by atoms with E-state index >= 15 is 0 Å². The average Bonchev–Trinajstić information content (AvgIpc) is 2.57. The Morgan fingerprint density at radius 1 is 1.08 bits per heavy atom. The molecule has 3 N–H and O–H groups in total. The van der Waals surface area contributed by atoms with E-state index in [1.54, 1.807) is 19.1 Å². The van der Waals surface area contributed by atoms with E-state index in [-0.39, 0.29) is 21.9 Å². The highest BCUT2D eigenvalue weighted by atomic mass is 32.1. The number of anilines is 1. The topological polar surface area (TPSA) is 53.2 Å². The molecular formula is C18H14F3N3OS. The van der Waals surface area contributed by atoms with E-state index in [2.05, 4.69) is 16.0 Å². The molecule has 1 aliphatic heterocycles. The van der Waals surface area contributed by atoms with Crippen molar-refractivity contribution in [2.45, 2.75) is 13.0 Å². The number of thiocarbonyl (C=S) groups is 1. The zero-order chi connectivity index (χ0) is 18.8. The molecule has 2 aromatic carbocycles. The number of carbonyl (C=O) groups is 1. The lowest BCUT2D eigenvalue weighted by molar-refractivity contribution is -0.113. The van der Waals surface area contributed by atoms with E-state index < -0.39 is 29.4 Å². The van der Waals surface area contributed by atoms with Gasteiger partial charge in [0.1, 0.15) is 5.82 Å². The van der Waals surface area contributed by atoms with Crippen LogP contribution in [-0.4, -0.2) is 11.0 Å². The Kier molecular flexibility index (Phi) is 4.94. The molecule has 0 saturated carbocycles. The lowest BCUT2D eigenvalue weighted by Crippen LogP contribution is -2.46. The molecule has 0 radical (unpaired) electrons. The minimum absolute atomic E-state index is 0.0784. The Hall–Kier alpha value is -2.87. The van der Waals surface area contributed by atoms with Gasteiger partial charge in [-0.05, 0) is 37.3 Å². The van der Waals surface area contributed by atoms with E-state index in [1.165, 1.54) is 18.2 Å². The number of rotatable bonds is 3. The largest absolute Gasteiger partial charge is 0.351 e. The van der Waals surface area contributed by atoms with Crippen LogP contribution < -0.4 is 16.0 Å². The second-order valence-electron chi connectivity index (χ2n) is 5.67. The SMILES string of the molecule is CC1=C(C(=O)Nc2ccc(F)c(F)c2)[C@H](c2ccccc2F)NC(=S)N1. The Morgan fingerprint density at radius 3 is 2.50 bits per heavy atom. The Morgan fingerprint density at radius 2 is 1.81 bits per heavy atom. The highest BCUT2D eigenvalue weighted by Crippen LogP contribution is 2.29. The number of benzene rings is 2. The molecule has 0 spiro atoms. The lowest BCUT2D eigenvalue weighted by Gasteiger charge is -2.30. The van der Waals surface area contributed by atoms with E-state index in [1.807, 2.05) is 0 Å². The molecule has 0 fully saturated rings. The van der Waals surface area contributed by atoms with Crippen LogP contribution in [0.4, 0.5) is 18.9 Å². The van der Waals surface area contributed by atoms with Crippen LogP contribution in [0.3, 0.4) is 0 Å². The summed E-state index contributed by atoms with van der Waals surface area (Å²) in [6.45, 7) is 1.63. The van der Waals surface area contributed by atoms with Crippen LogP contribution in [0.5, 0.6) is 0 Å². The highest BCUT2D eigenvalue weighted by molar-refractivity contribution is 7.80. The highest BCUT2D eigenvalue weighted by Gasteiger charge is 2.31. The zero-order valence-electron chi connectivity index (χ0n) is 13.6. The van der Waals surface area contributed by atoms with Gasteiger partial charge in [-0.2, -0.15) is 0 Å². The van der Waals surface area contributed by atoms with Crippen molar-refractivity contribution < 1.29 is 18.0 Å². The smallest absolute Gasteiger partial charge is 0.255 e. The predicted octanol–water partition coefficient (Wildman–Crippen LogP) is 3.54. The first kappa shape index (κ1) is 17.9. The van der Waals surface area contributed by atoms with Gasteiger partial charge in [0.2, 0.25) is 0 Å². The molecule has 0 aliphatic carbocycles. The normalized spacial score (nSPS) is 16.8. The van der Waals surface area contributed by atoms with Gasteiger partial charge in [-0.15, -0.1) is 0 Å². The summed E-state index contributed by atoms with van der Waals surface area (Å²) in [5, 5.41) is 8.43. The van der Waals surface area contributed by atoms with Gasteiger partial charge < -0.3 is 16.0 Å². The van der Waals surface area contributed by atoms with Crippen molar-refractivity contribution in [2.24, 2.45) is 0 Å². The van der Waals surface area contributed by atoms with Gasteiger partial charge in [0, 0.05) is 23.0 Å². The minimum Gasteiger partial charge on any atom is -0.351 e. The molecular weight excluding hydrogens is 363 g/mol. The van der Waals surface area contributed by atoms with Crippen molar-refractivity contribution in [1.29, 1.82) is 0 Å². The molecule has 1 amide bonds. The molecule has 0 aromatic heterocycles. The molecule has 134 valence electrons. The standard InChI is InChI=1S/C18H14F3N3OS/c1-9-15(17(25)23-10-6-7-13(20)14(21)8-10)16(24-18(26)22-9)11-4-2-3-5-12(11)19/h2-8,16H,1H3,(H,23,25)(H2,22,24,26)/t16-/m0/s1. The molecule has 2 aromatic rings. The third-order valence-electron chi connectivity index (χ3n) is 3.91. The Balaban J connectivity index is 1.97. The van der Waals surface area contributed by atoms with Crippen molar-refractivity contribution in [3.05, 3.63) is 76.7 Å². The van der Waals surface area contributed by atoms with E-state index in [9.17, 15) is 18.0 Å². The molecule has 8 heteroatoms. The van der Waals surface area contributed by atoms with E-state index in [4.69, 9.17) is 12.2 Å². The van der Waals surface area contributed by atoms with Crippen LogP contribution in [0.2, 0.25) is 0 Å². The summed E-state index contributed by atoms with van der Waals surface area (Å²) in [5.74, 6) is -3.20. The summed E-state index contributed by atoms with van der Waals surface area (Å²) in [6, 6.07) is 8.19. The van der Waals surface area contributed by atoms with E-state index in [0.29, 0.717) is 5.70 Å². The molecule has 0 saturated heterocycles. The first-order chi connectivity index (χ1) is 12.4. The molecule has 26 heavy (non-hydrogen) atoms. The fourth-order valence-electron chi connectivity index (χ4n) is 2.71. The molecule has 4 nitrogen and oxygen atoms in total. The summed E-state index contributed by atoms with van der Waals surface area (Å²) in [6.07, 6.45) is 0. The summed E-state index contributed by atoms with van der Waals surface area (Å²) >= 11 is 5.10. The van der Waals surface area contributed by atoms with Gasteiger partial charge in [0.25, 0.3) is 5.91 Å². The van der Waals surface area contributed by atoms with Gasteiger partial charge in [0.15, 0.2) is 16.7 Å². The predicted molar refractivity (Wildman–Crippen MR) is 95.7 cm³/mol. The monoisotopic (exact) mass is 377 g/mol. The zero-order valence-corrected chi connectivity index (χ0v) is 14.4. The Labute approximate surface area is 153 Å². The molecule has 0 unspecified atom stereocenters. The quantitative estimate of drug-likeness (QED) is 0.717. The molecule has 1 aliphatic rings. The third kappa shape index (κ3) is 3.55. The summed E-state index contributed by atoms with van der Waals surface area (Å²) < 4.78 is 40.7. The average molecular weight is 377 g/mol. The minimum atomic E-state index is -1.08. The first-order valence-corrected chi connectivity index (χ1v) is 8.06. The lowest BCUT2D eigenvalue weighted by atomic mass is 9.94. The molecule has 3 rings (SSSR count). The second kappa shape index (κ2) is 7.17. The van der Waals surface area contributed by atoms with Crippen molar-refractivity contribution in [3.63, 3.8) is 0 Å². The summed E-state index contributed by atoms with van der Waals surface area (Å²) in [4.78, 5) is 12.7. The van der Waals surface area contributed by atoms with Crippen LogP contribution >= 0.6 is 12.2 Å². The van der Waals surface area contributed by atoms with Crippen LogP contribution in [0.1, 0.15) is 18.5 Å². The van der Waals surface area contributed by atoms with Gasteiger partial charge >= 0.3 is 0 Å². The van der Waals surface area contributed by atoms with Crippen LogP contribution in [0.15, 0.2) is 53.7 Å². The van der Waals surface area contributed by atoms with Crippen molar-refractivity contribution in [1.82, 2.24) is 10.6 Å². The maximum absolute atomic E-state index is 14.2. The number of halogens is 3. The third-order valence-corrected chi connectivity index (χ3v) is 4.13. The van der Waals surface area contributed by atoms with Crippen molar-refractivity contribution in [2.75, 3.05) is 5.32 Å². The van der Waals surface area contributed by atoms with Crippen molar-refractivity contribution >= 4 is 28.9 Å². The Bertz CT molecular complexity index is 930. The van der Waals surface area contributed by atoms with Crippen LogP contribution in [0, 0.1) is 17.5 Å². The first-order valence-electron chi connectivity index (χ1n) is 7.66. The number of nitrogens with one attached hydrogen (secondary N) is 3. The maximum Gasteiger partial charge on any atom is 0.255 e. The maximum atomic E-state index is 14.2. The molecule has 1 atom stereocenters. The summed E-state index contributed by atoms with van der Waals surface area (Å²) in [7, 11) is 0. The van der Waals surface area contributed by atoms with Crippen LogP contribution in [0.25, 0.3) is 0 Å². The van der Waals surface area contributed by atoms with Gasteiger partial charge in [-0.1, -0.05) is 18.2 Å². The fraction of sp³-hybridized carbons (Fsp3) is 0.111. The number of hydrogen-bond donors (Lipinski definition) is 3. The molecule has 0 bridgehead atoms. The fourth-order valence-corrected chi connectivity index (χ4v) is 2.98. The van der Waals surface area contributed by atoms with Crippen molar-refractivity contribution in [3.8, 4) is 0 Å². The molecule has 1 heterocycles.